The van der Waals surface area contributed by atoms with Crippen LogP contribution in [0.1, 0.15) is 5.76 Å². The lowest BCUT2D eigenvalue weighted by atomic mass is 10.0. The maximum atomic E-state index is 6.12. The molecule has 0 bridgehead atoms. The number of aromatic nitrogens is 2. The molecule has 0 aliphatic carbocycles. The van der Waals surface area contributed by atoms with Gasteiger partial charge in [-0.15, -0.1) is 0 Å². The van der Waals surface area contributed by atoms with Crippen LogP contribution in [0.15, 0.2) is 71.4 Å². The number of anilines is 1. The van der Waals surface area contributed by atoms with Crippen LogP contribution >= 0.6 is 0 Å². The molecule has 1 aliphatic rings. The van der Waals surface area contributed by atoms with Crippen LogP contribution in [0.2, 0.25) is 0 Å². The summed E-state index contributed by atoms with van der Waals surface area (Å²) in [5.41, 5.74) is 3.13. The number of hydrogen-bond acceptors (Lipinski definition) is 6. The molecule has 30 heavy (non-hydrogen) atoms. The highest BCUT2D eigenvalue weighted by Crippen LogP contribution is 2.32. The Morgan fingerprint density at radius 2 is 1.73 bits per heavy atom. The second-order valence-corrected chi connectivity index (χ2v) is 7.48. The van der Waals surface area contributed by atoms with Crippen molar-refractivity contribution in [3.05, 3.63) is 72.8 Å². The van der Waals surface area contributed by atoms with Crippen LogP contribution in [0.3, 0.4) is 0 Å². The van der Waals surface area contributed by atoms with Gasteiger partial charge in [0, 0.05) is 49.5 Å². The van der Waals surface area contributed by atoms with Crippen LogP contribution in [0.4, 0.5) is 5.95 Å². The van der Waals surface area contributed by atoms with Gasteiger partial charge in [-0.1, -0.05) is 24.3 Å². The zero-order valence-electron chi connectivity index (χ0n) is 17.0. The van der Waals surface area contributed by atoms with Gasteiger partial charge in [-0.3, -0.25) is 4.90 Å². The molecule has 0 radical (unpaired) electrons. The molecule has 3 heterocycles. The van der Waals surface area contributed by atoms with E-state index in [2.05, 4.69) is 44.0 Å². The lowest BCUT2D eigenvalue weighted by molar-refractivity contribution is 0.232. The number of ether oxygens (including phenoxy) is 1. The summed E-state index contributed by atoms with van der Waals surface area (Å²) in [4.78, 5) is 13.4. The fraction of sp³-hybridized carbons (Fsp3) is 0.250. The standard InChI is InChI=1S/C24H24N4O2/c1-29-23-6-3-2-5-21(23)18-7-8-22-19(15-18)16-20(30-22)17-27-11-13-28(14-12-27)24-25-9-4-10-26-24/h2-10,15-16H,11-14,17H2,1H3. The first-order valence-electron chi connectivity index (χ1n) is 10.2. The van der Waals surface area contributed by atoms with Crippen LogP contribution in [-0.2, 0) is 6.54 Å². The Morgan fingerprint density at radius 3 is 2.53 bits per heavy atom. The van der Waals surface area contributed by atoms with Crippen molar-refractivity contribution in [2.45, 2.75) is 6.54 Å². The number of hydrogen-bond donors (Lipinski definition) is 0. The van der Waals surface area contributed by atoms with E-state index in [1.54, 1.807) is 19.5 Å². The van der Waals surface area contributed by atoms with E-state index in [1.165, 1.54) is 0 Å². The molecule has 1 saturated heterocycles. The van der Waals surface area contributed by atoms with Crippen molar-refractivity contribution in [3.63, 3.8) is 0 Å². The molecule has 2 aromatic carbocycles. The van der Waals surface area contributed by atoms with Crippen LogP contribution in [0, 0.1) is 0 Å². The van der Waals surface area contributed by atoms with Crippen LogP contribution < -0.4 is 9.64 Å². The normalized spacial score (nSPS) is 14.9. The Labute approximate surface area is 175 Å². The fourth-order valence-corrected chi connectivity index (χ4v) is 4.01. The van der Waals surface area contributed by atoms with Gasteiger partial charge >= 0.3 is 0 Å². The Kier molecular flexibility index (Phi) is 5.07. The highest BCUT2D eigenvalue weighted by molar-refractivity contribution is 5.85. The van der Waals surface area contributed by atoms with Gasteiger partial charge in [-0.2, -0.15) is 0 Å². The van der Waals surface area contributed by atoms with E-state index in [-0.39, 0.29) is 0 Å². The molecule has 0 amide bonds. The Morgan fingerprint density at radius 1 is 0.933 bits per heavy atom. The maximum Gasteiger partial charge on any atom is 0.225 e. The SMILES string of the molecule is COc1ccccc1-c1ccc2oc(CN3CCN(c4ncccn4)CC3)cc2c1. The molecule has 2 aromatic heterocycles. The number of methoxy groups -OCH3 is 1. The minimum atomic E-state index is 0.808. The molecule has 0 N–H and O–H groups in total. The molecule has 0 unspecified atom stereocenters. The van der Waals surface area contributed by atoms with E-state index in [0.29, 0.717) is 0 Å². The number of piperazine rings is 1. The van der Waals surface area contributed by atoms with Gasteiger partial charge < -0.3 is 14.1 Å². The van der Waals surface area contributed by atoms with Gasteiger partial charge in [-0.05, 0) is 35.9 Å². The molecule has 4 aromatic rings. The smallest absolute Gasteiger partial charge is 0.225 e. The van der Waals surface area contributed by atoms with E-state index in [1.807, 2.05) is 30.3 Å². The molecule has 6 heteroatoms. The average molecular weight is 400 g/mol. The third-order valence-corrected chi connectivity index (χ3v) is 5.57. The topological polar surface area (TPSA) is 54.6 Å². The van der Waals surface area contributed by atoms with E-state index in [0.717, 1.165) is 72.3 Å². The second-order valence-electron chi connectivity index (χ2n) is 7.48. The van der Waals surface area contributed by atoms with Gasteiger partial charge in [0.25, 0.3) is 0 Å². The number of nitrogens with zero attached hydrogens (tertiary/aromatic N) is 4. The van der Waals surface area contributed by atoms with Crippen molar-refractivity contribution in [2.24, 2.45) is 0 Å². The molecular formula is C24H24N4O2. The van der Waals surface area contributed by atoms with E-state index in [9.17, 15) is 0 Å². The summed E-state index contributed by atoms with van der Waals surface area (Å²) in [6.07, 6.45) is 3.59. The highest BCUT2D eigenvalue weighted by Gasteiger charge is 2.20. The van der Waals surface area contributed by atoms with E-state index < -0.39 is 0 Å². The molecule has 1 fully saturated rings. The molecule has 5 rings (SSSR count). The third kappa shape index (κ3) is 3.74. The summed E-state index contributed by atoms with van der Waals surface area (Å²) >= 11 is 0. The first kappa shape index (κ1) is 18.6. The quantitative estimate of drug-likeness (QED) is 0.500. The van der Waals surface area contributed by atoms with Crippen molar-refractivity contribution >= 4 is 16.9 Å². The van der Waals surface area contributed by atoms with Crippen LogP contribution in [-0.4, -0.2) is 48.2 Å². The predicted molar refractivity (Wildman–Crippen MR) is 118 cm³/mol. The van der Waals surface area contributed by atoms with Gasteiger partial charge in [-0.25, -0.2) is 9.97 Å². The van der Waals surface area contributed by atoms with Crippen LogP contribution in [0.5, 0.6) is 5.75 Å². The van der Waals surface area contributed by atoms with Crippen LogP contribution in [0.25, 0.3) is 22.1 Å². The summed E-state index contributed by atoms with van der Waals surface area (Å²) in [6.45, 7) is 4.57. The predicted octanol–water partition coefficient (Wildman–Crippen LogP) is 4.22. The largest absolute Gasteiger partial charge is 0.496 e. The van der Waals surface area contributed by atoms with E-state index in [4.69, 9.17) is 9.15 Å². The zero-order valence-corrected chi connectivity index (χ0v) is 17.0. The summed E-state index contributed by atoms with van der Waals surface area (Å²) < 4.78 is 11.6. The number of benzene rings is 2. The monoisotopic (exact) mass is 400 g/mol. The minimum Gasteiger partial charge on any atom is -0.496 e. The molecule has 6 nitrogen and oxygen atoms in total. The van der Waals surface area contributed by atoms with Gasteiger partial charge in [0.05, 0.1) is 13.7 Å². The molecule has 1 aliphatic heterocycles. The number of para-hydroxylation sites is 1. The summed E-state index contributed by atoms with van der Waals surface area (Å²) in [5.74, 6) is 2.68. The Hall–Kier alpha value is -3.38. The van der Waals surface area contributed by atoms with Gasteiger partial charge in [0.1, 0.15) is 17.1 Å². The first-order chi connectivity index (χ1) is 14.8. The Balaban J connectivity index is 1.29. The first-order valence-corrected chi connectivity index (χ1v) is 10.2. The number of furan rings is 1. The van der Waals surface area contributed by atoms with Gasteiger partial charge in [0.2, 0.25) is 5.95 Å². The van der Waals surface area contributed by atoms with E-state index >= 15 is 0 Å². The summed E-state index contributed by atoms with van der Waals surface area (Å²) in [6, 6.07) is 18.4. The summed E-state index contributed by atoms with van der Waals surface area (Å²) in [7, 11) is 1.71. The van der Waals surface area contributed by atoms with Crippen molar-refractivity contribution in [3.8, 4) is 16.9 Å². The van der Waals surface area contributed by atoms with Crippen molar-refractivity contribution in [1.29, 1.82) is 0 Å². The number of rotatable bonds is 5. The highest BCUT2D eigenvalue weighted by atomic mass is 16.5. The Bertz CT molecular complexity index is 1130. The molecule has 0 atom stereocenters. The maximum absolute atomic E-state index is 6.12. The lowest BCUT2D eigenvalue weighted by Crippen LogP contribution is -2.46. The van der Waals surface area contributed by atoms with Crippen molar-refractivity contribution in [2.75, 3.05) is 38.2 Å². The van der Waals surface area contributed by atoms with Crippen molar-refractivity contribution in [1.82, 2.24) is 14.9 Å². The lowest BCUT2D eigenvalue weighted by Gasteiger charge is -2.34. The minimum absolute atomic E-state index is 0.808. The third-order valence-electron chi connectivity index (χ3n) is 5.57. The zero-order chi connectivity index (χ0) is 20.3. The molecule has 0 spiro atoms. The molecule has 0 saturated carbocycles. The fourth-order valence-electron chi connectivity index (χ4n) is 4.01. The molecule has 152 valence electrons. The summed E-state index contributed by atoms with van der Waals surface area (Å²) in [5, 5.41) is 1.12. The average Bonchev–Trinajstić information content (AvgIpc) is 3.21. The number of fused-ring (bicyclic) bond motifs is 1. The van der Waals surface area contributed by atoms with Gasteiger partial charge in [0.15, 0.2) is 0 Å². The van der Waals surface area contributed by atoms with Crippen molar-refractivity contribution < 1.29 is 9.15 Å². The second kappa shape index (κ2) is 8.16. The molecular weight excluding hydrogens is 376 g/mol.